The molecule has 0 aliphatic rings. The van der Waals surface area contributed by atoms with Crippen LogP contribution in [0.25, 0.3) is 0 Å². The number of aliphatic carboxylic acids is 1. The van der Waals surface area contributed by atoms with Gasteiger partial charge in [-0.3, -0.25) is 4.79 Å². The number of quaternary nitrogens is 1. The fraction of sp³-hybridized carbons (Fsp3) is 0.917. The Morgan fingerprint density at radius 3 is 1.48 bits per heavy atom. The average Bonchev–Trinajstić information content (AvgIpc) is 2.81. The minimum Gasteiger partial charge on any atom is -0.479 e. The maximum absolute atomic E-state index is 11.6. The van der Waals surface area contributed by atoms with Crippen LogP contribution in [0.3, 0.4) is 0 Å². The van der Waals surface area contributed by atoms with E-state index in [0.29, 0.717) is 6.54 Å². The summed E-state index contributed by atoms with van der Waals surface area (Å²) in [6, 6.07) is 0. The monoisotopic (exact) mass is 479 g/mol. The predicted molar refractivity (Wildman–Crippen MR) is 128 cm³/mol. The maximum atomic E-state index is 11.6. The second kappa shape index (κ2) is 23.9. The summed E-state index contributed by atoms with van der Waals surface area (Å²) in [7, 11) is 0. The lowest BCUT2D eigenvalue weighted by Gasteiger charge is -2.23. The summed E-state index contributed by atoms with van der Waals surface area (Å²) in [5, 5.41) is 48.4. The molecule has 0 rings (SSSR count). The number of aliphatic hydroxyl groups excluding tert-OH is 4. The molecule has 0 aliphatic heterocycles. The van der Waals surface area contributed by atoms with E-state index in [1.54, 1.807) is 0 Å². The Bertz CT molecular complexity index is 458. The predicted octanol–water partition coefficient (Wildman–Crippen LogP) is 1.36. The van der Waals surface area contributed by atoms with E-state index in [1.165, 1.54) is 64.2 Å². The molecule has 0 fully saturated rings. The van der Waals surface area contributed by atoms with Crippen molar-refractivity contribution in [1.29, 1.82) is 0 Å². The number of carboxylic acid groups (broad SMARTS) is 1. The summed E-state index contributed by atoms with van der Waals surface area (Å²) in [5.74, 6) is -2.67. The Morgan fingerprint density at radius 1 is 0.667 bits per heavy atom. The Kier molecular flexibility index (Phi) is 24.5. The molecule has 0 aromatic heterocycles. The third-order valence-electron chi connectivity index (χ3n) is 5.45. The molecule has 0 spiro atoms. The molecular weight excluding hydrogens is 428 g/mol. The van der Waals surface area contributed by atoms with E-state index in [4.69, 9.17) is 10.2 Å². The van der Waals surface area contributed by atoms with Gasteiger partial charge in [-0.2, -0.15) is 0 Å². The lowest BCUT2D eigenvalue weighted by atomic mass is 10.0. The fourth-order valence-corrected chi connectivity index (χ4v) is 3.21. The first-order valence-electron chi connectivity index (χ1n) is 12.8. The van der Waals surface area contributed by atoms with Crippen LogP contribution >= 0.6 is 0 Å². The third kappa shape index (κ3) is 19.9. The van der Waals surface area contributed by atoms with E-state index in [-0.39, 0.29) is 0 Å². The molecule has 0 aliphatic carbocycles. The Hall–Kier alpha value is -1.26. The van der Waals surface area contributed by atoms with Crippen LogP contribution in [0.2, 0.25) is 0 Å². The van der Waals surface area contributed by atoms with Crippen molar-refractivity contribution in [3.05, 3.63) is 0 Å². The molecule has 0 aromatic carbocycles. The molecule has 0 radical (unpaired) electrons. The number of amides is 1. The van der Waals surface area contributed by atoms with Crippen LogP contribution in [0.4, 0.5) is 0 Å². The fourth-order valence-electron chi connectivity index (χ4n) is 3.21. The Balaban J connectivity index is 0. The number of hydrogen-bond donors (Lipinski definition) is 7. The number of unbranched alkanes of at least 4 members (excludes halogenated alkanes) is 12. The molecule has 0 aromatic rings. The standard InChI is InChI=1S/C15H29NO7.C9H21N/c1-2-3-4-5-6-7-8-9-16-14(21)12(19)10(17)11(18)13(20)15(22)23;1-2-3-4-5-6-7-8-9-10/h10-13,17-20H,2-9H2,1H3,(H,16,21)(H,22,23);2-10H2,1H3/p+1/t10-,11-,12+,13-;/m1./s1. The van der Waals surface area contributed by atoms with Crippen LogP contribution in [0.1, 0.15) is 104 Å². The number of carboxylic acids is 1. The van der Waals surface area contributed by atoms with Crippen molar-refractivity contribution < 1.29 is 40.9 Å². The van der Waals surface area contributed by atoms with Crippen molar-refractivity contribution in [2.24, 2.45) is 0 Å². The lowest BCUT2D eigenvalue weighted by Crippen LogP contribution is -2.52. The second-order valence-electron chi connectivity index (χ2n) is 8.60. The zero-order valence-corrected chi connectivity index (χ0v) is 20.9. The van der Waals surface area contributed by atoms with Gasteiger partial charge in [-0.1, -0.05) is 84.5 Å². The number of carbonyl (C=O) groups is 2. The topological polar surface area (TPSA) is 175 Å². The molecule has 1 amide bonds. The van der Waals surface area contributed by atoms with Gasteiger partial charge in [0, 0.05) is 6.54 Å². The van der Waals surface area contributed by atoms with Crippen molar-refractivity contribution in [3.8, 4) is 0 Å². The highest BCUT2D eigenvalue weighted by Crippen LogP contribution is 2.08. The molecule has 9 N–H and O–H groups in total. The second-order valence-corrected chi connectivity index (χ2v) is 8.60. The molecule has 4 atom stereocenters. The van der Waals surface area contributed by atoms with Crippen molar-refractivity contribution in [2.45, 2.75) is 128 Å². The van der Waals surface area contributed by atoms with Gasteiger partial charge in [0.25, 0.3) is 5.91 Å². The molecule has 0 bridgehead atoms. The van der Waals surface area contributed by atoms with Crippen molar-refractivity contribution in [2.75, 3.05) is 13.1 Å². The van der Waals surface area contributed by atoms with Crippen molar-refractivity contribution in [1.82, 2.24) is 5.32 Å². The molecule has 9 nitrogen and oxygen atoms in total. The number of carbonyl (C=O) groups excluding carboxylic acids is 1. The largest absolute Gasteiger partial charge is 0.479 e. The zero-order valence-electron chi connectivity index (χ0n) is 20.9. The highest BCUT2D eigenvalue weighted by molar-refractivity contribution is 5.81. The third-order valence-corrected chi connectivity index (χ3v) is 5.45. The summed E-state index contributed by atoms with van der Waals surface area (Å²) >= 11 is 0. The SMILES string of the molecule is CCCCCCCCCNC(=O)[C@@H](O)[C@H](O)[C@@H](O)[C@@H](O)C(=O)O.CCCCCCCCC[NH3+]. The first kappa shape index (κ1) is 33.9. The van der Waals surface area contributed by atoms with Gasteiger partial charge in [-0.25, -0.2) is 4.79 Å². The maximum Gasteiger partial charge on any atom is 0.335 e. The van der Waals surface area contributed by atoms with Gasteiger partial charge in [-0.05, 0) is 19.3 Å². The van der Waals surface area contributed by atoms with E-state index >= 15 is 0 Å². The number of hydrogen-bond acceptors (Lipinski definition) is 6. The number of rotatable bonds is 20. The van der Waals surface area contributed by atoms with E-state index < -0.39 is 36.3 Å². The van der Waals surface area contributed by atoms with Crippen molar-refractivity contribution in [3.63, 3.8) is 0 Å². The minimum absolute atomic E-state index is 0.313. The molecule has 198 valence electrons. The molecule has 33 heavy (non-hydrogen) atoms. The molecule has 9 heteroatoms. The van der Waals surface area contributed by atoms with Crippen LogP contribution in [-0.4, -0.2) is 74.9 Å². The quantitative estimate of drug-likeness (QED) is 0.129. The Labute approximate surface area is 199 Å². The van der Waals surface area contributed by atoms with Gasteiger partial charge in [0.1, 0.15) is 12.2 Å². The van der Waals surface area contributed by atoms with Crippen LogP contribution < -0.4 is 11.1 Å². The molecular formula is C24H51N2O7+. The summed E-state index contributed by atoms with van der Waals surface area (Å²) in [6.07, 6.45) is 8.70. The van der Waals surface area contributed by atoms with E-state index in [0.717, 1.165) is 32.2 Å². The lowest BCUT2D eigenvalue weighted by molar-refractivity contribution is -0.368. The first-order chi connectivity index (χ1) is 15.7. The zero-order chi connectivity index (χ0) is 25.5. The average molecular weight is 480 g/mol. The van der Waals surface area contributed by atoms with Gasteiger partial charge >= 0.3 is 5.97 Å². The highest BCUT2D eigenvalue weighted by atomic mass is 16.4. The van der Waals surface area contributed by atoms with E-state index in [9.17, 15) is 24.9 Å². The van der Waals surface area contributed by atoms with Gasteiger partial charge in [-0.15, -0.1) is 0 Å². The van der Waals surface area contributed by atoms with Crippen LogP contribution in [0.15, 0.2) is 0 Å². The molecule has 0 saturated carbocycles. The summed E-state index contributed by atoms with van der Waals surface area (Å²) in [4.78, 5) is 22.1. The Morgan fingerprint density at radius 2 is 1.06 bits per heavy atom. The first-order valence-corrected chi connectivity index (χ1v) is 12.8. The molecule has 0 saturated heterocycles. The van der Waals surface area contributed by atoms with Crippen LogP contribution in [-0.2, 0) is 9.59 Å². The van der Waals surface area contributed by atoms with Gasteiger partial charge in [0.15, 0.2) is 12.2 Å². The normalized spacial score (nSPS) is 14.5. The smallest absolute Gasteiger partial charge is 0.335 e. The summed E-state index contributed by atoms with van der Waals surface area (Å²) in [5.41, 5.74) is 3.82. The van der Waals surface area contributed by atoms with Crippen LogP contribution in [0.5, 0.6) is 0 Å². The number of aliphatic hydroxyl groups is 4. The summed E-state index contributed by atoms with van der Waals surface area (Å²) < 4.78 is 0. The minimum atomic E-state index is -2.28. The van der Waals surface area contributed by atoms with E-state index in [1.807, 2.05) is 0 Å². The highest BCUT2D eigenvalue weighted by Gasteiger charge is 2.37. The van der Waals surface area contributed by atoms with Crippen LogP contribution in [0, 0.1) is 0 Å². The van der Waals surface area contributed by atoms with Gasteiger partial charge < -0.3 is 36.6 Å². The molecule has 0 heterocycles. The summed E-state index contributed by atoms with van der Waals surface area (Å²) in [6.45, 7) is 5.83. The number of nitrogens with one attached hydrogen (secondary N) is 1. The van der Waals surface area contributed by atoms with E-state index in [2.05, 4.69) is 24.9 Å². The molecule has 0 unspecified atom stereocenters. The van der Waals surface area contributed by atoms with Gasteiger partial charge in [0.2, 0.25) is 0 Å². The van der Waals surface area contributed by atoms with Crippen molar-refractivity contribution >= 4 is 11.9 Å². The van der Waals surface area contributed by atoms with Gasteiger partial charge in [0.05, 0.1) is 6.54 Å².